The molecule has 0 spiro atoms. The quantitative estimate of drug-likeness (QED) is 0.430. The third-order valence-electron chi connectivity index (χ3n) is 12.1. The lowest BCUT2D eigenvalue weighted by atomic mass is 9.79. The Balaban J connectivity index is 1.09. The van der Waals surface area contributed by atoms with Gasteiger partial charge in [0, 0.05) is 30.3 Å². The summed E-state index contributed by atoms with van der Waals surface area (Å²) in [7, 11) is 0. The highest BCUT2D eigenvalue weighted by atomic mass is 19.1. The number of ether oxygens (including phenoxy) is 1. The Morgan fingerprint density at radius 2 is 2.02 bits per heavy atom. The van der Waals surface area contributed by atoms with Crippen LogP contribution in [0.25, 0.3) is 5.57 Å². The van der Waals surface area contributed by atoms with Crippen LogP contribution in [0.2, 0.25) is 0 Å². The highest BCUT2D eigenvalue weighted by molar-refractivity contribution is 6.00. The number of carbonyl (C=O) groups is 1. The van der Waals surface area contributed by atoms with Crippen molar-refractivity contribution in [3.05, 3.63) is 76.5 Å². The summed E-state index contributed by atoms with van der Waals surface area (Å²) in [5, 5.41) is 10.6. The van der Waals surface area contributed by atoms with Gasteiger partial charge in [-0.3, -0.25) is 9.69 Å². The summed E-state index contributed by atoms with van der Waals surface area (Å²) < 4.78 is 37.3. The minimum atomic E-state index is -0.960. The number of fused-ring (bicyclic) bond motifs is 6. The Morgan fingerprint density at radius 1 is 1.20 bits per heavy atom. The molecule has 7 nitrogen and oxygen atoms in total. The maximum absolute atomic E-state index is 17.0. The Hall–Kier alpha value is -3.77. The van der Waals surface area contributed by atoms with E-state index >= 15 is 4.39 Å². The number of rotatable bonds is 5. The van der Waals surface area contributed by atoms with E-state index in [1.807, 2.05) is 24.3 Å². The fourth-order valence-corrected chi connectivity index (χ4v) is 9.86. The Labute approximate surface area is 262 Å². The van der Waals surface area contributed by atoms with Crippen LogP contribution < -0.4 is 0 Å². The summed E-state index contributed by atoms with van der Waals surface area (Å²) in [6.07, 6.45) is 11.1. The molecular weight excluding hydrogens is 572 g/mol. The van der Waals surface area contributed by atoms with Crippen LogP contribution in [0.4, 0.5) is 8.78 Å². The molecule has 6 atom stereocenters. The summed E-state index contributed by atoms with van der Waals surface area (Å²) in [6.45, 7) is 6.61. The maximum atomic E-state index is 17.0. The topological polar surface area (TPSA) is 72.2 Å². The van der Waals surface area contributed by atoms with E-state index in [2.05, 4.69) is 28.5 Å². The number of allylic oxidation sites excluding steroid dienone is 2. The van der Waals surface area contributed by atoms with Gasteiger partial charge in [-0.15, -0.1) is 0 Å². The number of hydrogen-bond acceptors (Lipinski definition) is 6. The first-order valence-electron chi connectivity index (χ1n) is 16.6. The molecule has 4 saturated heterocycles. The average molecular weight is 610 g/mol. The van der Waals surface area contributed by atoms with Crippen LogP contribution >= 0.6 is 0 Å². The Kier molecular flexibility index (Phi) is 6.03. The van der Waals surface area contributed by atoms with Crippen molar-refractivity contribution in [1.82, 2.24) is 14.7 Å². The van der Waals surface area contributed by atoms with E-state index in [0.29, 0.717) is 54.8 Å². The number of hydrogen-bond donors (Lipinski definition) is 0. The van der Waals surface area contributed by atoms with Gasteiger partial charge in [-0.2, -0.15) is 5.26 Å². The smallest absolute Gasteiger partial charge is 0.282 e. The van der Waals surface area contributed by atoms with Gasteiger partial charge in [-0.25, -0.2) is 13.8 Å². The summed E-state index contributed by atoms with van der Waals surface area (Å²) in [6, 6.07) is 7.53. The van der Waals surface area contributed by atoms with Crippen LogP contribution in [-0.2, 0) is 16.0 Å². The molecule has 0 bridgehead atoms. The van der Waals surface area contributed by atoms with Gasteiger partial charge < -0.3 is 14.5 Å². The Bertz CT molecular complexity index is 1690. The number of halogens is 2. The molecule has 1 aromatic carbocycles. The van der Waals surface area contributed by atoms with Gasteiger partial charge in [0.25, 0.3) is 5.91 Å². The molecule has 3 aliphatic carbocycles. The van der Waals surface area contributed by atoms with Gasteiger partial charge in [-0.1, -0.05) is 36.9 Å². The third-order valence-corrected chi connectivity index (χ3v) is 12.1. The van der Waals surface area contributed by atoms with Crippen molar-refractivity contribution in [2.24, 2.45) is 16.8 Å². The van der Waals surface area contributed by atoms with Crippen LogP contribution in [-0.4, -0.2) is 83.0 Å². The lowest BCUT2D eigenvalue weighted by Gasteiger charge is -2.52. The van der Waals surface area contributed by atoms with E-state index < -0.39 is 23.7 Å². The van der Waals surface area contributed by atoms with E-state index in [4.69, 9.17) is 9.73 Å². The zero-order valence-electron chi connectivity index (χ0n) is 25.4. The van der Waals surface area contributed by atoms with Crippen LogP contribution in [0.15, 0.2) is 64.8 Å². The molecule has 8 aliphatic rings. The second-order valence-corrected chi connectivity index (χ2v) is 14.3. The zero-order valence-corrected chi connectivity index (χ0v) is 25.4. The molecule has 45 heavy (non-hydrogen) atoms. The van der Waals surface area contributed by atoms with Crippen molar-refractivity contribution in [3.63, 3.8) is 0 Å². The summed E-state index contributed by atoms with van der Waals surface area (Å²) >= 11 is 0. The first-order chi connectivity index (χ1) is 21.9. The van der Waals surface area contributed by atoms with Crippen molar-refractivity contribution in [1.29, 1.82) is 5.26 Å². The summed E-state index contributed by atoms with van der Waals surface area (Å²) in [5.74, 6) is -0.977. The minimum Gasteiger partial charge on any atom is -0.475 e. The number of aliphatic imine (C=N–C) groups is 1. The number of carbonyl (C=O) groups excluding carboxylic acids is 1. The van der Waals surface area contributed by atoms with Crippen molar-refractivity contribution in [2.75, 3.05) is 32.8 Å². The number of nitrogens with zero attached hydrogens (tertiary/aromatic N) is 5. The second kappa shape index (κ2) is 9.86. The molecule has 9 rings (SSSR count). The standard InChI is InChI=1S/C36H37F2N5O2/c1-20(37)35(44)42-14-9-28-29(42)18-43(28)33-25-8-7-24(23-6-2-5-21-15-22-16-26(22)30(21)23)31(38)32(25)40-34(27(33)17-39)45-19-36-10-3-12-41(36)13-4-11-36/h2,5-8,22,25-26,28-29,32H,1,3-4,9-16,18-19H2/t22?,25?,26?,28-,29-,32?/m1/s1. The molecule has 4 unspecified atom stereocenters. The van der Waals surface area contributed by atoms with Gasteiger partial charge in [0.2, 0.25) is 5.90 Å². The van der Waals surface area contributed by atoms with Gasteiger partial charge in [-0.05, 0) is 86.6 Å². The largest absolute Gasteiger partial charge is 0.475 e. The molecule has 0 N–H and O–H groups in total. The Morgan fingerprint density at radius 3 is 2.80 bits per heavy atom. The monoisotopic (exact) mass is 609 g/mol. The normalized spacial score (nSPS) is 33.6. The third kappa shape index (κ3) is 3.94. The lowest BCUT2D eigenvalue weighted by molar-refractivity contribution is -0.132. The van der Waals surface area contributed by atoms with Crippen molar-refractivity contribution < 1.29 is 18.3 Å². The van der Waals surface area contributed by atoms with Crippen LogP contribution in [0.5, 0.6) is 0 Å². The molecule has 1 saturated carbocycles. The first kappa shape index (κ1) is 27.5. The molecule has 5 aliphatic heterocycles. The van der Waals surface area contributed by atoms with Crippen molar-refractivity contribution >= 4 is 17.4 Å². The SMILES string of the molecule is C=C(F)C(=O)N1CC[C@@H]2[C@H]1CN2C1=C(C#N)C(OCC23CCCN2CCC3)=NC2C(F)=C(c3cccc4c3C3CC3C4)C=CC12. The number of likely N-dealkylation sites (tertiary alicyclic amines) is 2. The summed E-state index contributed by atoms with van der Waals surface area (Å²) in [5.41, 5.74) is 5.16. The van der Waals surface area contributed by atoms with Crippen LogP contribution in [0.3, 0.4) is 0 Å². The number of nitriles is 1. The fraction of sp³-hybridized carbons (Fsp3) is 0.528. The molecule has 5 fully saturated rings. The van der Waals surface area contributed by atoms with Crippen molar-refractivity contribution in [3.8, 4) is 6.07 Å². The zero-order chi connectivity index (χ0) is 30.6. The van der Waals surface area contributed by atoms with Crippen molar-refractivity contribution in [2.45, 2.75) is 74.5 Å². The van der Waals surface area contributed by atoms with Gasteiger partial charge >= 0.3 is 0 Å². The van der Waals surface area contributed by atoms with E-state index in [1.165, 1.54) is 17.5 Å². The maximum Gasteiger partial charge on any atom is 0.282 e. The number of benzene rings is 1. The minimum absolute atomic E-state index is 0.0551. The molecule has 0 radical (unpaired) electrons. The van der Waals surface area contributed by atoms with Crippen LogP contribution in [0.1, 0.15) is 61.1 Å². The molecule has 0 aromatic heterocycles. The number of dihydropyridines is 1. The first-order valence-corrected chi connectivity index (χ1v) is 16.6. The number of amides is 1. The molecule has 232 valence electrons. The van der Waals surface area contributed by atoms with E-state index in [1.54, 1.807) is 4.90 Å². The van der Waals surface area contributed by atoms with E-state index in [9.17, 15) is 14.4 Å². The van der Waals surface area contributed by atoms with E-state index in [0.717, 1.165) is 50.8 Å². The lowest BCUT2D eigenvalue weighted by Crippen LogP contribution is -2.63. The fourth-order valence-electron chi connectivity index (χ4n) is 9.86. The average Bonchev–Trinajstić information content (AvgIpc) is 3.32. The second-order valence-electron chi connectivity index (χ2n) is 14.3. The molecule has 1 amide bonds. The van der Waals surface area contributed by atoms with Crippen LogP contribution in [0, 0.1) is 23.2 Å². The van der Waals surface area contributed by atoms with Gasteiger partial charge in [0.05, 0.1) is 17.6 Å². The van der Waals surface area contributed by atoms with Gasteiger partial charge in [0.1, 0.15) is 30.1 Å². The molecule has 1 aromatic rings. The highest BCUT2D eigenvalue weighted by Gasteiger charge is 2.54. The van der Waals surface area contributed by atoms with Gasteiger partial charge in [0.15, 0.2) is 5.83 Å². The molecule has 5 heterocycles. The van der Waals surface area contributed by atoms with E-state index in [-0.39, 0.29) is 29.3 Å². The summed E-state index contributed by atoms with van der Waals surface area (Å²) in [4.78, 5) is 23.6. The molecule has 9 heteroatoms. The predicted octanol–water partition coefficient (Wildman–Crippen LogP) is 5.18. The highest BCUT2D eigenvalue weighted by Crippen LogP contribution is 2.58. The predicted molar refractivity (Wildman–Crippen MR) is 165 cm³/mol. The molecular formula is C36H37F2N5O2.